The SMILES string of the molecule is CC(C)c1cc(OC[C@@H]2CCN2C(=O)OC(C)(C)C)cnc1Cl.CCCc1cc(OC[C@@H]2CCN2C)cnc1Cl.Cl. The molecule has 0 aliphatic carbocycles. The molecule has 0 N–H and O–H groups in total. The monoisotopic (exact) mass is 630 g/mol. The molecule has 4 rings (SSSR count). The van der Waals surface area contributed by atoms with Crippen molar-refractivity contribution in [3.63, 3.8) is 0 Å². The average molecular weight is 632 g/mol. The number of carbonyl (C=O) groups is 1. The van der Waals surface area contributed by atoms with E-state index in [1.54, 1.807) is 17.3 Å². The number of amides is 1. The summed E-state index contributed by atoms with van der Waals surface area (Å²) in [6.07, 6.45) is 7.19. The summed E-state index contributed by atoms with van der Waals surface area (Å²) in [6.45, 7) is 14.9. The molecule has 0 spiro atoms. The molecule has 2 aromatic heterocycles. The zero-order valence-electron chi connectivity index (χ0n) is 25.3. The quantitative estimate of drug-likeness (QED) is 0.266. The van der Waals surface area contributed by atoms with Gasteiger partial charge in [0.2, 0.25) is 0 Å². The summed E-state index contributed by atoms with van der Waals surface area (Å²) in [4.78, 5) is 24.4. The Morgan fingerprint density at radius 2 is 1.59 bits per heavy atom. The Bertz CT molecular complexity index is 1130. The Balaban J connectivity index is 0.000000292. The lowest BCUT2D eigenvalue weighted by molar-refractivity contribution is -0.0141. The molecular weight excluding hydrogens is 587 g/mol. The summed E-state index contributed by atoms with van der Waals surface area (Å²) < 4.78 is 16.9. The van der Waals surface area contributed by atoms with Gasteiger partial charge in [-0.2, -0.15) is 0 Å². The van der Waals surface area contributed by atoms with Crippen LogP contribution in [-0.2, 0) is 11.2 Å². The predicted octanol–water partition coefficient (Wildman–Crippen LogP) is 7.44. The third-order valence-corrected chi connectivity index (χ3v) is 7.62. The maximum Gasteiger partial charge on any atom is 0.410 e. The fourth-order valence-electron chi connectivity index (χ4n) is 4.26. The lowest BCUT2D eigenvalue weighted by Gasteiger charge is -2.41. The van der Waals surface area contributed by atoms with E-state index in [0.29, 0.717) is 35.2 Å². The molecular formula is C30H45Cl3N4O4. The maximum absolute atomic E-state index is 12.1. The number of pyridine rings is 2. The minimum absolute atomic E-state index is 0. The van der Waals surface area contributed by atoms with Gasteiger partial charge in [-0.15, -0.1) is 12.4 Å². The number of rotatable bonds is 9. The van der Waals surface area contributed by atoms with E-state index in [0.717, 1.165) is 42.7 Å². The molecule has 41 heavy (non-hydrogen) atoms. The first-order valence-electron chi connectivity index (χ1n) is 14.1. The normalized spacial score (nSPS) is 18.3. The minimum Gasteiger partial charge on any atom is -0.490 e. The number of likely N-dealkylation sites (N-methyl/N-ethyl adjacent to an activating group) is 1. The Hall–Kier alpha value is -2.00. The first-order chi connectivity index (χ1) is 18.9. The van der Waals surface area contributed by atoms with Crippen LogP contribution in [0.1, 0.15) is 77.8 Å². The Kier molecular flexibility index (Phi) is 13.7. The summed E-state index contributed by atoms with van der Waals surface area (Å²) in [7, 11) is 2.13. The largest absolute Gasteiger partial charge is 0.490 e. The van der Waals surface area contributed by atoms with Crippen molar-refractivity contribution in [2.45, 2.75) is 90.8 Å². The van der Waals surface area contributed by atoms with Crippen LogP contribution in [0.25, 0.3) is 0 Å². The van der Waals surface area contributed by atoms with Crippen molar-refractivity contribution in [3.8, 4) is 11.5 Å². The van der Waals surface area contributed by atoms with Gasteiger partial charge in [-0.25, -0.2) is 14.8 Å². The van der Waals surface area contributed by atoms with Gasteiger partial charge in [-0.1, -0.05) is 50.4 Å². The van der Waals surface area contributed by atoms with Gasteiger partial charge in [0, 0.05) is 12.6 Å². The molecule has 2 fully saturated rings. The Labute approximate surface area is 261 Å². The second-order valence-corrected chi connectivity index (χ2v) is 12.5. The maximum atomic E-state index is 12.1. The number of aromatic nitrogens is 2. The van der Waals surface area contributed by atoms with E-state index < -0.39 is 5.60 Å². The third kappa shape index (κ3) is 10.7. The summed E-state index contributed by atoms with van der Waals surface area (Å²) >= 11 is 12.1. The van der Waals surface area contributed by atoms with Crippen LogP contribution in [0.4, 0.5) is 4.79 Å². The fraction of sp³-hybridized carbons (Fsp3) is 0.633. The highest BCUT2D eigenvalue weighted by Gasteiger charge is 2.35. The minimum atomic E-state index is -0.482. The summed E-state index contributed by atoms with van der Waals surface area (Å²) in [5.74, 6) is 1.79. The van der Waals surface area contributed by atoms with Crippen LogP contribution in [0.2, 0.25) is 10.3 Å². The van der Waals surface area contributed by atoms with Crippen LogP contribution in [0.5, 0.6) is 11.5 Å². The molecule has 2 aliphatic rings. The van der Waals surface area contributed by atoms with Crippen molar-refractivity contribution < 1.29 is 19.0 Å². The zero-order valence-corrected chi connectivity index (χ0v) is 27.6. The first-order valence-corrected chi connectivity index (χ1v) is 14.9. The highest BCUT2D eigenvalue weighted by atomic mass is 35.5. The lowest BCUT2D eigenvalue weighted by atomic mass is 10.0. The van der Waals surface area contributed by atoms with E-state index in [2.05, 4.69) is 42.7 Å². The van der Waals surface area contributed by atoms with E-state index in [4.69, 9.17) is 37.4 Å². The van der Waals surface area contributed by atoms with E-state index in [1.165, 1.54) is 13.0 Å². The number of hydrogen-bond acceptors (Lipinski definition) is 7. The van der Waals surface area contributed by atoms with Crippen LogP contribution in [0, 0.1) is 0 Å². The van der Waals surface area contributed by atoms with Gasteiger partial charge >= 0.3 is 6.09 Å². The predicted molar refractivity (Wildman–Crippen MR) is 167 cm³/mol. The standard InChI is InChI=1S/C17H25ClN2O3.C13H19ClN2O.ClH/c1-11(2)14-8-13(9-19-15(14)18)22-10-12-6-7-20(12)16(21)23-17(3,4)5;1-3-4-10-7-12(8-15-13(10)14)17-9-11-5-6-16(11)2;/h8-9,11-12H,6-7,10H2,1-5H3;7-8,11H,3-6,9H2,1-2H3;1H/t12-;11-;/m00./s1. The molecule has 2 atom stereocenters. The van der Waals surface area contributed by atoms with Crippen LogP contribution in [0.15, 0.2) is 24.5 Å². The molecule has 0 radical (unpaired) electrons. The molecule has 8 nitrogen and oxygen atoms in total. The summed E-state index contributed by atoms with van der Waals surface area (Å²) in [5, 5.41) is 1.10. The molecule has 230 valence electrons. The van der Waals surface area contributed by atoms with Gasteiger partial charge < -0.3 is 19.1 Å². The number of ether oxygens (including phenoxy) is 3. The molecule has 4 heterocycles. The molecule has 0 bridgehead atoms. The van der Waals surface area contributed by atoms with Crippen LogP contribution in [0.3, 0.4) is 0 Å². The Morgan fingerprint density at radius 1 is 1.00 bits per heavy atom. The lowest BCUT2D eigenvalue weighted by Crippen LogP contribution is -2.55. The number of hydrogen-bond donors (Lipinski definition) is 0. The zero-order chi connectivity index (χ0) is 29.4. The van der Waals surface area contributed by atoms with E-state index >= 15 is 0 Å². The number of carbonyl (C=O) groups excluding carboxylic acids is 1. The second kappa shape index (κ2) is 16.0. The van der Waals surface area contributed by atoms with Crippen LogP contribution in [-0.4, -0.2) is 76.9 Å². The van der Waals surface area contributed by atoms with Crippen molar-refractivity contribution in [1.82, 2.24) is 19.8 Å². The molecule has 2 aromatic rings. The van der Waals surface area contributed by atoms with Crippen LogP contribution >= 0.6 is 35.6 Å². The van der Waals surface area contributed by atoms with Crippen LogP contribution < -0.4 is 9.47 Å². The number of halogens is 3. The Morgan fingerprint density at radius 3 is 2.07 bits per heavy atom. The van der Waals surface area contributed by atoms with Gasteiger partial charge in [0.1, 0.15) is 40.6 Å². The first kappa shape index (κ1) is 35.2. The van der Waals surface area contributed by atoms with Gasteiger partial charge in [0.15, 0.2) is 0 Å². The average Bonchev–Trinajstić information content (AvgIpc) is 2.84. The summed E-state index contributed by atoms with van der Waals surface area (Å²) in [5.41, 5.74) is 1.56. The molecule has 0 saturated carbocycles. The van der Waals surface area contributed by atoms with Crippen molar-refractivity contribution in [3.05, 3.63) is 46.0 Å². The molecule has 1 amide bonds. The van der Waals surface area contributed by atoms with Gasteiger partial charge in [0.25, 0.3) is 0 Å². The van der Waals surface area contributed by atoms with Gasteiger partial charge in [-0.05, 0) is 82.8 Å². The van der Waals surface area contributed by atoms with E-state index in [-0.39, 0.29) is 30.5 Å². The van der Waals surface area contributed by atoms with Crippen molar-refractivity contribution >= 4 is 41.7 Å². The highest BCUT2D eigenvalue weighted by Crippen LogP contribution is 2.28. The molecule has 11 heteroatoms. The molecule has 2 aliphatic heterocycles. The summed E-state index contributed by atoms with van der Waals surface area (Å²) in [6, 6.07) is 4.52. The number of likely N-dealkylation sites (tertiary alicyclic amines) is 2. The van der Waals surface area contributed by atoms with Crippen molar-refractivity contribution in [2.24, 2.45) is 0 Å². The molecule has 0 aromatic carbocycles. The van der Waals surface area contributed by atoms with Gasteiger partial charge in [-0.3, -0.25) is 4.90 Å². The highest BCUT2D eigenvalue weighted by molar-refractivity contribution is 6.30. The van der Waals surface area contributed by atoms with Crippen molar-refractivity contribution in [2.75, 3.05) is 33.4 Å². The van der Waals surface area contributed by atoms with E-state index in [9.17, 15) is 4.79 Å². The molecule has 0 unspecified atom stereocenters. The van der Waals surface area contributed by atoms with Crippen molar-refractivity contribution in [1.29, 1.82) is 0 Å². The topological polar surface area (TPSA) is 77.0 Å². The number of aryl methyl sites for hydroxylation is 1. The fourth-order valence-corrected chi connectivity index (χ4v) is 4.78. The second-order valence-electron chi connectivity index (χ2n) is 11.7. The smallest absolute Gasteiger partial charge is 0.410 e. The van der Waals surface area contributed by atoms with Gasteiger partial charge in [0.05, 0.1) is 18.4 Å². The number of nitrogens with zero attached hydrogens (tertiary/aromatic N) is 4. The van der Waals surface area contributed by atoms with E-state index in [1.807, 2.05) is 32.9 Å². The molecule has 2 saturated heterocycles. The third-order valence-electron chi connectivity index (χ3n) is 6.96.